The molecule has 0 amide bonds. The summed E-state index contributed by atoms with van der Waals surface area (Å²) in [7, 11) is 0. The van der Waals surface area contributed by atoms with Crippen LogP contribution in [0.5, 0.6) is 0 Å². The third kappa shape index (κ3) is 6.53. The molecule has 0 spiro atoms. The van der Waals surface area contributed by atoms with E-state index in [0.29, 0.717) is 0 Å². The van der Waals surface area contributed by atoms with Crippen molar-refractivity contribution in [2.24, 2.45) is 0 Å². The fourth-order valence-corrected chi connectivity index (χ4v) is 1.19. The lowest BCUT2D eigenvalue weighted by Gasteiger charge is -2.02. The molecule has 0 aromatic rings. The highest BCUT2D eigenvalue weighted by Crippen LogP contribution is 2.11. The van der Waals surface area contributed by atoms with Crippen molar-refractivity contribution in [3.05, 3.63) is 0 Å². The predicted molar refractivity (Wildman–Crippen MR) is 47.4 cm³/mol. The van der Waals surface area contributed by atoms with Crippen LogP contribution in [0.2, 0.25) is 0 Å². The molecule has 10 heavy (non-hydrogen) atoms. The highest BCUT2D eigenvalue weighted by Gasteiger charge is 2.00. The zero-order valence-electron chi connectivity index (χ0n) is 6.58. The van der Waals surface area contributed by atoms with Crippen molar-refractivity contribution in [3.63, 3.8) is 0 Å². The second kappa shape index (κ2) is 7.52. The van der Waals surface area contributed by atoms with E-state index in [4.69, 9.17) is 0 Å². The lowest BCUT2D eigenvalue weighted by Crippen LogP contribution is -1.98. The van der Waals surface area contributed by atoms with E-state index in [-0.39, 0.29) is 11.5 Å². The second-order valence-corrected chi connectivity index (χ2v) is 3.90. The Hall–Kier alpha value is 0.410. The quantitative estimate of drug-likeness (QED) is 0.464. The molecule has 1 atom stereocenters. The molecule has 62 valence electrons. The number of hydrogen-bond donors (Lipinski definition) is 0. The van der Waals surface area contributed by atoms with Gasteiger partial charge >= 0.3 is 0 Å². The largest absolute Gasteiger partial charge is 0.250 e. The molecule has 0 saturated carbocycles. The molecule has 0 aromatic carbocycles. The van der Waals surface area contributed by atoms with Gasteiger partial charge in [-0.2, -0.15) is 0 Å². The molecule has 0 aliphatic heterocycles. The minimum atomic E-state index is -0.230. The third-order valence-corrected chi connectivity index (χ3v) is 2.24. The van der Waals surface area contributed by atoms with E-state index in [0.717, 1.165) is 12.8 Å². The van der Waals surface area contributed by atoms with E-state index in [1.807, 2.05) is 0 Å². The number of rotatable bonds is 6. The Morgan fingerprint density at radius 2 is 2.00 bits per heavy atom. The molecular weight excluding hydrogens is 195 g/mol. The van der Waals surface area contributed by atoms with E-state index < -0.39 is 0 Å². The number of halogens is 2. The van der Waals surface area contributed by atoms with Gasteiger partial charge in [-0.1, -0.05) is 48.5 Å². The first-order valence-electron chi connectivity index (χ1n) is 4.01. The Balaban J connectivity index is 2.89. The van der Waals surface area contributed by atoms with Crippen molar-refractivity contribution in [2.45, 2.75) is 43.9 Å². The normalized spacial score (nSPS) is 13.5. The van der Waals surface area contributed by atoms with Crippen LogP contribution in [0.1, 0.15) is 39.0 Å². The maximum Gasteiger partial charge on any atom is 0.102 e. The molecule has 0 aliphatic rings. The summed E-state index contributed by atoms with van der Waals surface area (Å²) in [6.45, 7) is 1.95. The van der Waals surface area contributed by atoms with Crippen LogP contribution in [0.25, 0.3) is 0 Å². The number of hydrogen-bond acceptors (Lipinski definition) is 0. The first kappa shape index (κ1) is 10.4. The molecule has 0 saturated heterocycles. The van der Waals surface area contributed by atoms with Gasteiger partial charge in [0.1, 0.15) is 6.67 Å². The Kier molecular flexibility index (Phi) is 7.82. The SMILES string of the molecule is CCCCCCC(Br)CF. The van der Waals surface area contributed by atoms with Gasteiger partial charge in [0.2, 0.25) is 0 Å². The lowest BCUT2D eigenvalue weighted by molar-refractivity contribution is 0.464. The summed E-state index contributed by atoms with van der Waals surface area (Å²) in [4.78, 5) is 0.101. The molecule has 1 unspecified atom stereocenters. The molecule has 2 heteroatoms. The van der Waals surface area contributed by atoms with Crippen molar-refractivity contribution < 1.29 is 4.39 Å². The van der Waals surface area contributed by atoms with Gasteiger partial charge < -0.3 is 0 Å². The van der Waals surface area contributed by atoms with E-state index in [2.05, 4.69) is 22.9 Å². The monoisotopic (exact) mass is 210 g/mol. The zero-order chi connectivity index (χ0) is 7.82. The van der Waals surface area contributed by atoms with Crippen LogP contribution in [0.15, 0.2) is 0 Å². The molecular formula is C8H16BrF. The zero-order valence-corrected chi connectivity index (χ0v) is 8.16. The maximum atomic E-state index is 11.8. The Bertz CT molecular complexity index is 66.3. The minimum Gasteiger partial charge on any atom is -0.250 e. The molecule has 0 rings (SSSR count). The van der Waals surface area contributed by atoms with Crippen molar-refractivity contribution in [1.82, 2.24) is 0 Å². The standard InChI is InChI=1S/C8H16BrF/c1-2-3-4-5-6-8(9)7-10/h8H,2-7H2,1H3. The summed E-state index contributed by atoms with van der Waals surface area (Å²) in [5.41, 5.74) is 0. The molecule has 0 aliphatic carbocycles. The van der Waals surface area contributed by atoms with Crippen LogP contribution in [0.4, 0.5) is 4.39 Å². The maximum absolute atomic E-state index is 11.8. The van der Waals surface area contributed by atoms with Crippen LogP contribution in [0, 0.1) is 0 Å². The van der Waals surface area contributed by atoms with E-state index in [1.54, 1.807) is 0 Å². The highest BCUT2D eigenvalue weighted by molar-refractivity contribution is 9.09. The van der Waals surface area contributed by atoms with E-state index >= 15 is 0 Å². The fourth-order valence-electron chi connectivity index (χ4n) is 0.870. The molecule has 0 aromatic heterocycles. The fraction of sp³-hybridized carbons (Fsp3) is 1.00. The van der Waals surface area contributed by atoms with Gasteiger partial charge in [0.15, 0.2) is 0 Å². The smallest absolute Gasteiger partial charge is 0.102 e. The Labute approximate surface area is 71.3 Å². The molecule has 0 heterocycles. The van der Waals surface area contributed by atoms with Crippen LogP contribution in [-0.4, -0.2) is 11.5 Å². The minimum absolute atomic E-state index is 0.101. The summed E-state index contributed by atoms with van der Waals surface area (Å²) >= 11 is 3.25. The first-order chi connectivity index (χ1) is 4.81. The topological polar surface area (TPSA) is 0 Å². The van der Waals surface area contributed by atoms with E-state index in [1.165, 1.54) is 19.3 Å². The van der Waals surface area contributed by atoms with Gasteiger partial charge in [-0.15, -0.1) is 0 Å². The van der Waals surface area contributed by atoms with Crippen molar-refractivity contribution in [1.29, 1.82) is 0 Å². The summed E-state index contributed by atoms with van der Waals surface area (Å²) in [6, 6.07) is 0. The Morgan fingerprint density at radius 1 is 1.30 bits per heavy atom. The highest BCUT2D eigenvalue weighted by atomic mass is 79.9. The van der Waals surface area contributed by atoms with Gasteiger partial charge in [-0.3, -0.25) is 0 Å². The number of unbranched alkanes of at least 4 members (excludes halogenated alkanes) is 3. The first-order valence-corrected chi connectivity index (χ1v) is 4.92. The van der Waals surface area contributed by atoms with Gasteiger partial charge in [-0.25, -0.2) is 4.39 Å². The molecule has 0 nitrogen and oxygen atoms in total. The predicted octanol–water partition coefficient (Wildman–Crippen LogP) is 3.69. The van der Waals surface area contributed by atoms with Crippen molar-refractivity contribution in [2.75, 3.05) is 6.67 Å². The van der Waals surface area contributed by atoms with Crippen molar-refractivity contribution >= 4 is 15.9 Å². The molecule has 0 N–H and O–H groups in total. The summed E-state index contributed by atoms with van der Waals surface area (Å²) in [5.74, 6) is 0. The molecule has 0 radical (unpaired) electrons. The molecule has 0 bridgehead atoms. The van der Waals surface area contributed by atoms with Crippen LogP contribution in [0.3, 0.4) is 0 Å². The second-order valence-electron chi connectivity index (χ2n) is 2.60. The van der Waals surface area contributed by atoms with Gasteiger partial charge in [0, 0.05) is 4.83 Å². The molecule has 0 fully saturated rings. The van der Waals surface area contributed by atoms with Crippen LogP contribution >= 0.6 is 15.9 Å². The summed E-state index contributed by atoms with van der Waals surface area (Å²) < 4.78 is 11.8. The summed E-state index contributed by atoms with van der Waals surface area (Å²) in [6.07, 6.45) is 5.93. The van der Waals surface area contributed by atoms with Gasteiger partial charge in [0.05, 0.1) is 0 Å². The Morgan fingerprint density at radius 3 is 2.50 bits per heavy atom. The average Bonchev–Trinajstić information content (AvgIpc) is 1.98. The van der Waals surface area contributed by atoms with Crippen molar-refractivity contribution in [3.8, 4) is 0 Å². The average molecular weight is 211 g/mol. The van der Waals surface area contributed by atoms with Crippen LogP contribution < -0.4 is 0 Å². The third-order valence-electron chi connectivity index (χ3n) is 1.54. The summed E-state index contributed by atoms with van der Waals surface area (Å²) in [5, 5.41) is 0. The lowest BCUT2D eigenvalue weighted by atomic mass is 10.1. The number of alkyl halides is 2. The van der Waals surface area contributed by atoms with Gasteiger partial charge in [0.25, 0.3) is 0 Å². The van der Waals surface area contributed by atoms with E-state index in [9.17, 15) is 4.39 Å². The van der Waals surface area contributed by atoms with Gasteiger partial charge in [-0.05, 0) is 6.42 Å². The van der Waals surface area contributed by atoms with Crippen LogP contribution in [-0.2, 0) is 0 Å².